The SMILES string of the molecule is CCCCOc1c(CNC(=O)O)n(CC(C)(C)C)c(=O)c2ccc(OCC)cc12. The van der Waals surface area contributed by atoms with Gasteiger partial charge in [0.1, 0.15) is 11.5 Å². The second-order valence-corrected chi connectivity index (χ2v) is 8.23. The average Bonchev–Trinajstić information content (AvgIpc) is 2.63. The highest BCUT2D eigenvalue weighted by Gasteiger charge is 2.22. The number of unbranched alkanes of at least 4 members (excludes halogenated alkanes) is 1. The van der Waals surface area contributed by atoms with Gasteiger partial charge >= 0.3 is 6.09 Å². The molecule has 0 saturated carbocycles. The summed E-state index contributed by atoms with van der Waals surface area (Å²) in [5.74, 6) is 1.18. The van der Waals surface area contributed by atoms with Crippen molar-refractivity contribution in [2.45, 2.75) is 60.5 Å². The number of carbonyl (C=O) groups is 1. The zero-order valence-electron chi connectivity index (χ0n) is 18.0. The molecule has 7 heteroatoms. The number of rotatable bonds is 9. The molecule has 1 amide bonds. The molecule has 0 aliphatic heterocycles. The number of nitrogens with zero attached hydrogens (tertiary/aromatic N) is 1. The van der Waals surface area contributed by atoms with E-state index in [0.717, 1.165) is 12.8 Å². The molecule has 0 unspecified atom stereocenters. The number of benzene rings is 1. The summed E-state index contributed by atoms with van der Waals surface area (Å²) in [6.45, 7) is 11.5. The quantitative estimate of drug-likeness (QED) is 0.605. The molecule has 0 bridgehead atoms. The molecule has 2 N–H and O–H groups in total. The van der Waals surface area contributed by atoms with Crippen LogP contribution in [0.2, 0.25) is 0 Å². The van der Waals surface area contributed by atoms with E-state index in [1.165, 1.54) is 0 Å². The van der Waals surface area contributed by atoms with Gasteiger partial charge in [-0.15, -0.1) is 0 Å². The number of ether oxygens (including phenoxy) is 2. The van der Waals surface area contributed by atoms with Gasteiger partial charge < -0.3 is 24.5 Å². The maximum absolute atomic E-state index is 13.3. The first kappa shape index (κ1) is 22.6. The van der Waals surface area contributed by atoms with Crippen molar-refractivity contribution >= 4 is 16.9 Å². The standard InChI is InChI=1S/C22H32N2O5/c1-6-8-11-29-19-17-12-15(28-7-2)9-10-16(17)20(25)24(14-22(3,4)5)18(19)13-23-21(26)27/h9-10,12,23H,6-8,11,13-14H2,1-5H3,(H,26,27). The van der Waals surface area contributed by atoms with Crippen molar-refractivity contribution in [2.24, 2.45) is 5.41 Å². The first-order valence-corrected chi connectivity index (χ1v) is 10.1. The molecule has 2 aromatic rings. The van der Waals surface area contributed by atoms with Crippen molar-refractivity contribution in [1.29, 1.82) is 0 Å². The number of carboxylic acid groups (broad SMARTS) is 1. The Morgan fingerprint density at radius 2 is 1.90 bits per heavy atom. The molecule has 1 heterocycles. The molecule has 0 atom stereocenters. The second kappa shape index (κ2) is 9.67. The maximum atomic E-state index is 13.3. The zero-order chi connectivity index (χ0) is 21.6. The summed E-state index contributed by atoms with van der Waals surface area (Å²) >= 11 is 0. The van der Waals surface area contributed by atoms with Crippen LogP contribution in [0.15, 0.2) is 23.0 Å². The smallest absolute Gasteiger partial charge is 0.404 e. The van der Waals surface area contributed by atoms with Crippen LogP contribution in [-0.2, 0) is 13.1 Å². The third kappa shape index (κ3) is 5.89. The Bertz CT molecular complexity index is 912. The summed E-state index contributed by atoms with van der Waals surface area (Å²) in [7, 11) is 0. The van der Waals surface area contributed by atoms with E-state index in [9.17, 15) is 9.59 Å². The third-order valence-corrected chi connectivity index (χ3v) is 4.39. The molecule has 0 aliphatic rings. The van der Waals surface area contributed by atoms with Crippen LogP contribution in [0.5, 0.6) is 11.5 Å². The van der Waals surface area contributed by atoms with E-state index < -0.39 is 6.09 Å². The number of fused-ring (bicyclic) bond motifs is 1. The Labute approximate surface area is 171 Å². The van der Waals surface area contributed by atoms with Gasteiger partial charge in [0, 0.05) is 11.9 Å². The van der Waals surface area contributed by atoms with Gasteiger partial charge in [-0.3, -0.25) is 4.79 Å². The van der Waals surface area contributed by atoms with Crippen molar-refractivity contribution in [3.05, 3.63) is 34.2 Å². The molecule has 1 aromatic heterocycles. The van der Waals surface area contributed by atoms with E-state index in [1.54, 1.807) is 22.8 Å². The van der Waals surface area contributed by atoms with Gasteiger partial charge in [-0.25, -0.2) is 4.79 Å². The van der Waals surface area contributed by atoms with Crippen molar-refractivity contribution in [1.82, 2.24) is 9.88 Å². The third-order valence-electron chi connectivity index (χ3n) is 4.39. The minimum Gasteiger partial charge on any atom is -0.494 e. The van der Waals surface area contributed by atoms with Gasteiger partial charge in [-0.1, -0.05) is 34.1 Å². The molecular weight excluding hydrogens is 372 g/mol. The van der Waals surface area contributed by atoms with Crippen LogP contribution >= 0.6 is 0 Å². The number of hydrogen-bond acceptors (Lipinski definition) is 4. The minimum atomic E-state index is -1.15. The number of amides is 1. The lowest BCUT2D eigenvalue weighted by Crippen LogP contribution is -2.33. The molecule has 0 saturated heterocycles. The van der Waals surface area contributed by atoms with Crippen LogP contribution in [0, 0.1) is 5.41 Å². The highest BCUT2D eigenvalue weighted by Crippen LogP contribution is 2.32. The van der Waals surface area contributed by atoms with Crippen LogP contribution in [0.3, 0.4) is 0 Å². The molecule has 2 rings (SSSR count). The molecule has 7 nitrogen and oxygen atoms in total. The van der Waals surface area contributed by atoms with E-state index >= 15 is 0 Å². The summed E-state index contributed by atoms with van der Waals surface area (Å²) in [6, 6.07) is 5.33. The summed E-state index contributed by atoms with van der Waals surface area (Å²) in [6.07, 6.45) is 0.672. The summed E-state index contributed by atoms with van der Waals surface area (Å²) in [5.41, 5.74) is 0.189. The molecular formula is C22H32N2O5. The molecule has 1 aromatic carbocycles. The first-order valence-electron chi connectivity index (χ1n) is 10.1. The van der Waals surface area contributed by atoms with E-state index in [-0.39, 0.29) is 17.5 Å². The molecule has 0 spiro atoms. The van der Waals surface area contributed by atoms with Crippen LogP contribution in [0.25, 0.3) is 10.8 Å². The lowest BCUT2D eigenvalue weighted by Gasteiger charge is -2.25. The van der Waals surface area contributed by atoms with Crippen molar-refractivity contribution in [2.75, 3.05) is 13.2 Å². The molecule has 160 valence electrons. The monoisotopic (exact) mass is 404 g/mol. The van der Waals surface area contributed by atoms with Crippen molar-refractivity contribution in [3.8, 4) is 11.5 Å². The molecule has 0 radical (unpaired) electrons. The van der Waals surface area contributed by atoms with Crippen LogP contribution in [0.4, 0.5) is 4.79 Å². The fraction of sp³-hybridized carbons (Fsp3) is 0.545. The number of aromatic nitrogens is 1. The van der Waals surface area contributed by atoms with E-state index in [0.29, 0.717) is 47.7 Å². The van der Waals surface area contributed by atoms with Crippen molar-refractivity contribution in [3.63, 3.8) is 0 Å². The van der Waals surface area contributed by atoms with Gasteiger partial charge in [0.25, 0.3) is 5.56 Å². The Morgan fingerprint density at radius 3 is 2.48 bits per heavy atom. The zero-order valence-corrected chi connectivity index (χ0v) is 18.0. The normalized spacial score (nSPS) is 11.5. The maximum Gasteiger partial charge on any atom is 0.404 e. The lowest BCUT2D eigenvalue weighted by atomic mass is 9.96. The van der Waals surface area contributed by atoms with Crippen molar-refractivity contribution < 1.29 is 19.4 Å². The Morgan fingerprint density at radius 1 is 1.17 bits per heavy atom. The number of hydrogen-bond donors (Lipinski definition) is 2. The second-order valence-electron chi connectivity index (χ2n) is 8.23. The van der Waals surface area contributed by atoms with Gasteiger partial charge in [-0.05, 0) is 37.0 Å². The molecule has 0 aliphatic carbocycles. The summed E-state index contributed by atoms with van der Waals surface area (Å²) < 4.78 is 13.4. The molecule has 0 fully saturated rings. The van der Waals surface area contributed by atoms with Gasteiger partial charge in [0.15, 0.2) is 0 Å². The molecule has 29 heavy (non-hydrogen) atoms. The fourth-order valence-electron chi connectivity index (χ4n) is 3.16. The van der Waals surface area contributed by atoms with Crippen LogP contribution in [0.1, 0.15) is 53.2 Å². The average molecular weight is 405 g/mol. The topological polar surface area (TPSA) is 89.8 Å². The van der Waals surface area contributed by atoms with E-state index in [1.807, 2.05) is 27.7 Å². The predicted octanol–water partition coefficient (Wildman–Crippen LogP) is 4.39. The minimum absolute atomic E-state index is 0.0170. The Balaban J connectivity index is 2.77. The number of nitrogens with one attached hydrogen (secondary N) is 1. The van der Waals surface area contributed by atoms with E-state index in [2.05, 4.69) is 12.2 Å². The Hall–Kier alpha value is -2.70. The highest BCUT2D eigenvalue weighted by atomic mass is 16.5. The van der Waals surface area contributed by atoms with Crippen LogP contribution < -0.4 is 20.3 Å². The van der Waals surface area contributed by atoms with Gasteiger partial charge in [0.2, 0.25) is 0 Å². The predicted molar refractivity (Wildman–Crippen MR) is 114 cm³/mol. The number of pyridine rings is 1. The summed E-state index contributed by atoms with van der Waals surface area (Å²) in [5, 5.41) is 12.7. The van der Waals surface area contributed by atoms with Gasteiger partial charge in [0.05, 0.1) is 30.8 Å². The fourth-order valence-corrected chi connectivity index (χ4v) is 3.16. The highest BCUT2D eigenvalue weighted by molar-refractivity contribution is 5.89. The Kier molecular flexibility index (Phi) is 7.53. The lowest BCUT2D eigenvalue weighted by molar-refractivity contribution is 0.193. The largest absolute Gasteiger partial charge is 0.494 e. The van der Waals surface area contributed by atoms with Crippen LogP contribution in [-0.4, -0.2) is 29.0 Å². The van der Waals surface area contributed by atoms with Gasteiger partial charge in [-0.2, -0.15) is 0 Å². The van der Waals surface area contributed by atoms with E-state index in [4.69, 9.17) is 14.6 Å². The first-order chi connectivity index (χ1) is 13.7. The summed E-state index contributed by atoms with van der Waals surface area (Å²) in [4.78, 5) is 24.5.